The van der Waals surface area contributed by atoms with Gasteiger partial charge in [0.2, 0.25) is 0 Å². The minimum atomic E-state index is -3.44. The molecule has 0 aliphatic heterocycles. The average Bonchev–Trinajstić information content (AvgIpc) is 2.99. The number of sulfonamides is 1. The van der Waals surface area contributed by atoms with E-state index < -0.39 is 10.0 Å². The fraction of sp³-hybridized carbons (Fsp3) is 0.143. The molecule has 0 radical (unpaired) electrons. The first kappa shape index (κ1) is 14.6. The Labute approximate surface area is 122 Å². The lowest BCUT2D eigenvalue weighted by Crippen LogP contribution is -2.23. The van der Waals surface area contributed by atoms with Crippen LogP contribution in [0.15, 0.2) is 46.0 Å². The predicted octanol–water partition coefficient (Wildman–Crippen LogP) is 2.09. The van der Waals surface area contributed by atoms with Gasteiger partial charge in [-0.15, -0.1) is 11.3 Å². The zero-order valence-electron chi connectivity index (χ0n) is 10.8. The highest BCUT2D eigenvalue weighted by atomic mass is 32.2. The smallest absolute Gasteiger partial charge is 0.250 e. The van der Waals surface area contributed by atoms with Crippen molar-refractivity contribution in [3.05, 3.63) is 47.3 Å². The van der Waals surface area contributed by atoms with E-state index in [2.05, 4.69) is 16.6 Å². The molecule has 1 N–H and O–H groups in total. The van der Waals surface area contributed by atoms with E-state index in [9.17, 15) is 8.42 Å². The molecule has 0 fully saturated rings. The van der Waals surface area contributed by atoms with Gasteiger partial charge in [0.05, 0.1) is 13.7 Å². The molecule has 104 valence electrons. The average molecular weight is 307 g/mol. The van der Waals surface area contributed by atoms with Crippen molar-refractivity contribution in [3.8, 4) is 17.6 Å². The summed E-state index contributed by atoms with van der Waals surface area (Å²) in [6.45, 7) is 0.0757. The topological polar surface area (TPSA) is 55.4 Å². The zero-order valence-corrected chi connectivity index (χ0v) is 12.4. The quantitative estimate of drug-likeness (QED) is 0.880. The van der Waals surface area contributed by atoms with E-state index in [1.54, 1.807) is 36.8 Å². The maximum absolute atomic E-state index is 11.8. The van der Waals surface area contributed by atoms with Crippen molar-refractivity contribution in [2.75, 3.05) is 13.7 Å². The Kier molecular flexibility index (Phi) is 4.79. The molecule has 4 nitrogen and oxygen atoms in total. The van der Waals surface area contributed by atoms with Crippen LogP contribution in [-0.4, -0.2) is 22.1 Å². The van der Waals surface area contributed by atoms with Crippen LogP contribution in [0.4, 0.5) is 0 Å². The Balaban J connectivity index is 1.95. The number of rotatable bonds is 4. The van der Waals surface area contributed by atoms with Crippen LogP contribution in [0.5, 0.6) is 5.75 Å². The molecule has 2 rings (SSSR count). The molecule has 20 heavy (non-hydrogen) atoms. The normalized spacial score (nSPS) is 10.7. The van der Waals surface area contributed by atoms with Crippen molar-refractivity contribution in [3.63, 3.8) is 0 Å². The monoisotopic (exact) mass is 307 g/mol. The second kappa shape index (κ2) is 6.57. The number of benzene rings is 1. The van der Waals surface area contributed by atoms with E-state index in [0.717, 1.165) is 11.3 Å². The van der Waals surface area contributed by atoms with Crippen molar-refractivity contribution in [2.45, 2.75) is 4.21 Å². The highest BCUT2D eigenvalue weighted by molar-refractivity contribution is 7.91. The summed E-state index contributed by atoms with van der Waals surface area (Å²) in [4.78, 5) is 0. The molecule has 1 aromatic carbocycles. The van der Waals surface area contributed by atoms with Gasteiger partial charge in [-0.2, -0.15) is 4.72 Å². The van der Waals surface area contributed by atoms with Crippen LogP contribution < -0.4 is 9.46 Å². The first-order valence-corrected chi connectivity index (χ1v) is 8.14. The van der Waals surface area contributed by atoms with Crippen LogP contribution in [0, 0.1) is 11.8 Å². The fourth-order valence-corrected chi connectivity index (χ4v) is 3.40. The summed E-state index contributed by atoms with van der Waals surface area (Å²) in [5, 5.41) is 1.72. The number of thiophene rings is 1. The Morgan fingerprint density at radius 1 is 1.25 bits per heavy atom. The first-order chi connectivity index (χ1) is 9.62. The number of hydrogen-bond donors (Lipinski definition) is 1. The van der Waals surface area contributed by atoms with Gasteiger partial charge in [0.25, 0.3) is 10.0 Å². The second-order valence-electron chi connectivity index (χ2n) is 3.79. The molecular weight excluding hydrogens is 294 g/mol. The molecule has 2 aromatic rings. The Morgan fingerprint density at radius 2 is 2.00 bits per heavy atom. The van der Waals surface area contributed by atoms with E-state index in [1.807, 2.05) is 12.1 Å². The van der Waals surface area contributed by atoms with Gasteiger partial charge in [0.15, 0.2) is 0 Å². The van der Waals surface area contributed by atoms with Gasteiger partial charge < -0.3 is 4.74 Å². The molecule has 0 spiro atoms. The van der Waals surface area contributed by atoms with Crippen LogP contribution in [0.25, 0.3) is 0 Å². The zero-order chi connectivity index (χ0) is 14.4. The molecule has 0 saturated heterocycles. The number of ether oxygens (including phenoxy) is 1. The van der Waals surface area contributed by atoms with Gasteiger partial charge in [0.1, 0.15) is 9.96 Å². The van der Waals surface area contributed by atoms with Crippen LogP contribution in [0.1, 0.15) is 5.56 Å². The minimum Gasteiger partial charge on any atom is -0.497 e. The van der Waals surface area contributed by atoms with E-state index in [-0.39, 0.29) is 6.54 Å². The number of methoxy groups -OCH3 is 1. The lowest BCUT2D eigenvalue weighted by atomic mass is 10.2. The highest BCUT2D eigenvalue weighted by Crippen LogP contribution is 2.14. The molecule has 1 aromatic heterocycles. The molecule has 0 aliphatic rings. The Bertz CT molecular complexity index is 708. The summed E-state index contributed by atoms with van der Waals surface area (Å²) >= 11 is 1.18. The van der Waals surface area contributed by atoms with Gasteiger partial charge in [0, 0.05) is 5.56 Å². The summed E-state index contributed by atoms with van der Waals surface area (Å²) in [7, 11) is -1.84. The second-order valence-corrected chi connectivity index (χ2v) is 6.73. The molecule has 0 bridgehead atoms. The summed E-state index contributed by atoms with van der Waals surface area (Å²) in [5.41, 5.74) is 0.807. The standard InChI is InChI=1S/C14H13NO3S2/c1-18-13-8-6-12(7-9-13)4-2-10-15-20(16,17)14-5-3-11-19-14/h3,5-9,11,15H,10H2,1H3. The van der Waals surface area contributed by atoms with Crippen molar-refractivity contribution in [2.24, 2.45) is 0 Å². The SMILES string of the molecule is COc1ccc(C#CCNS(=O)(=O)c2cccs2)cc1. The fourth-order valence-electron chi connectivity index (χ4n) is 1.44. The summed E-state index contributed by atoms with van der Waals surface area (Å²) in [6.07, 6.45) is 0. The van der Waals surface area contributed by atoms with E-state index >= 15 is 0 Å². The minimum absolute atomic E-state index is 0.0757. The molecule has 0 amide bonds. The van der Waals surface area contributed by atoms with Gasteiger partial charge in [-0.25, -0.2) is 8.42 Å². The summed E-state index contributed by atoms with van der Waals surface area (Å²) in [6, 6.07) is 10.5. The number of nitrogens with one attached hydrogen (secondary N) is 1. The Morgan fingerprint density at radius 3 is 2.60 bits per heavy atom. The van der Waals surface area contributed by atoms with Crippen LogP contribution in [0.3, 0.4) is 0 Å². The molecule has 0 atom stereocenters. The first-order valence-electron chi connectivity index (χ1n) is 5.78. The van der Waals surface area contributed by atoms with E-state index in [4.69, 9.17) is 4.74 Å². The van der Waals surface area contributed by atoms with Crippen molar-refractivity contribution in [1.29, 1.82) is 0 Å². The number of hydrogen-bond acceptors (Lipinski definition) is 4. The molecule has 0 saturated carbocycles. The van der Waals surface area contributed by atoms with E-state index in [0.29, 0.717) is 4.21 Å². The molecule has 0 aliphatic carbocycles. The maximum atomic E-state index is 11.8. The van der Waals surface area contributed by atoms with Crippen molar-refractivity contribution >= 4 is 21.4 Å². The third-order valence-electron chi connectivity index (χ3n) is 2.43. The van der Waals surface area contributed by atoms with Gasteiger partial charge in [-0.1, -0.05) is 17.9 Å². The Hall–Kier alpha value is -1.81. The van der Waals surface area contributed by atoms with Crippen LogP contribution in [0.2, 0.25) is 0 Å². The van der Waals surface area contributed by atoms with Crippen molar-refractivity contribution in [1.82, 2.24) is 4.72 Å². The summed E-state index contributed by atoms with van der Waals surface area (Å²) < 4.78 is 31.4. The van der Waals surface area contributed by atoms with Crippen LogP contribution >= 0.6 is 11.3 Å². The molecule has 0 unspecified atom stereocenters. The van der Waals surface area contributed by atoms with Gasteiger partial charge in [-0.3, -0.25) is 0 Å². The van der Waals surface area contributed by atoms with Crippen LogP contribution in [-0.2, 0) is 10.0 Å². The lowest BCUT2D eigenvalue weighted by molar-refractivity contribution is 0.415. The van der Waals surface area contributed by atoms with Gasteiger partial charge in [-0.05, 0) is 35.7 Å². The predicted molar refractivity (Wildman–Crippen MR) is 79.4 cm³/mol. The third kappa shape index (κ3) is 3.84. The van der Waals surface area contributed by atoms with Crippen molar-refractivity contribution < 1.29 is 13.2 Å². The van der Waals surface area contributed by atoms with E-state index in [1.165, 1.54) is 11.3 Å². The maximum Gasteiger partial charge on any atom is 0.250 e. The summed E-state index contributed by atoms with van der Waals surface area (Å²) in [5.74, 6) is 6.42. The molecule has 6 heteroatoms. The molecule has 1 heterocycles. The lowest BCUT2D eigenvalue weighted by Gasteiger charge is -1.99. The highest BCUT2D eigenvalue weighted by Gasteiger charge is 2.12. The third-order valence-corrected chi connectivity index (χ3v) is 5.23. The van der Waals surface area contributed by atoms with Gasteiger partial charge >= 0.3 is 0 Å². The molecular formula is C14H13NO3S2. The largest absolute Gasteiger partial charge is 0.497 e.